The van der Waals surface area contributed by atoms with Crippen LogP contribution in [0.5, 0.6) is 0 Å². The molecule has 0 spiro atoms. The topological polar surface area (TPSA) is 40.7 Å². The normalized spacial score (nSPS) is 12.8. The van der Waals surface area contributed by atoms with Crippen LogP contribution >= 0.6 is 11.8 Å². The predicted octanol–water partition coefficient (Wildman–Crippen LogP) is 1.96. The fourth-order valence-electron chi connectivity index (χ4n) is 1.00. The molecule has 0 saturated carbocycles. The zero-order valence-electron chi connectivity index (χ0n) is 7.50. The van der Waals surface area contributed by atoms with Gasteiger partial charge in [-0.15, -0.1) is 0 Å². The van der Waals surface area contributed by atoms with Gasteiger partial charge in [0.2, 0.25) is 0 Å². The van der Waals surface area contributed by atoms with Crippen LogP contribution in [0.1, 0.15) is 13.3 Å². The third-order valence-electron chi connectivity index (χ3n) is 1.70. The van der Waals surface area contributed by atoms with Crippen LogP contribution in [0, 0.1) is 0 Å². The van der Waals surface area contributed by atoms with Gasteiger partial charge in [-0.2, -0.15) is 11.8 Å². The Kier molecular flexibility index (Phi) is 4.00. The van der Waals surface area contributed by atoms with Crippen molar-refractivity contribution < 1.29 is 0 Å². The second kappa shape index (κ2) is 5.09. The molecule has 2 N–H and O–H groups in total. The van der Waals surface area contributed by atoms with Gasteiger partial charge in [-0.05, 0) is 12.7 Å². The molecule has 1 rings (SSSR count). The number of hydrogen-bond donors (Lipinski definition) is 2. The highest BCUT2D eigenvalue weighted by Gasteiger charge is 2.05. The van der Waals surface area contributed by atoms with E-state index in [1.165, 1.54) is 0 Å². The molecular formula is C8H15N3S. The molecule has 0 aliphatic heterocycles. The summed E-state index contributed by atoms with van der Waals surface area (Å²) in [4.78, 5) is 7.14. The van der Waals surface area contributed by atoms with Gasteiger partial charge >= 0.3 is 0 Å². The second-order valence-electron chi connectivity index (χ2n) is 2.64. The third kappa shape index (κ3) is 2.77. The molecular weight excluding hydrogens is 170 g/mol. The summed E-state index contributed by atoms with van der Waals surface area (Å²) in [5, 5.41) is 3.32. The van der Waals surface area contributed by atoms with Crippen molar-refractivity contribution >= 4 is 17.7 Å². The molecule has 0 saturated heterocycles. The molecule has 0 fully saturated rings. The first-order valence-electron chi connectivity index (χ1n) is 4.11. The Morgan fingerprint density at radius 1 is 1.75 bits per heavy atom. The van der Waals surface area contributed by atoms with Gasteiger partial charge in [0.25, 0.3) is 0 Å². The van der Waals surface area contributed by atoms with E-state index in [1.807, 2.05) is 18.0 Å². The monoisotopic (exact) mass is 185 g/mol. The molecule has 0 aliphatic rings. The maximum Gasteiger partial charge on any atom is 0.200 e. The molecule has 0 amide bonds. The molecule has 1 unspecified atom stereocenters. The van der Waals surface area contributed by atoms with Crippen LogP contribution in [-0.2, 0) is 0 Å². The second-order valence-corrected chi connectivity index (χ2v) is 3.55. The van der Waals surface area contributed by atoms with Gasteiger partial charge in [0.1, 0.15) is 0 Å². The van der Waals surface area contributed by atoms with E-state index < -0.39 is 0 Å². The summed E-state index contributed by atoms with van der Waals surface area (Å²) in [6, 6.07) is 0.520. The molecule has 0 aliphatic carbocycles. The van der Waals surface area contributed by atoms with E-state index in [-0.39, 0.29) is 0 Å². The number of aromatic amines is 1. The Balaban J connectivity index is 2.37. The summed E-state index contributed by atoms with van der Waals surface area (Å²) in [5.41, 5.74) is 0. The van der Waals surface area contributed by atoms with Crippen molar-refractivity contribution in [1.82, 2.24) is 9.97 Å². The van der Waals surface area contributed by atoms with E-state index in [0.717, 1.165) is 18.1 Å². The van der Waals surface area contributed by atoms with E-state index in [2.05, 4.69) is 28.5 Å². The minimum absolute atomic E-state index is 0.520. The maximum atomic E-state index is 4.11. The van der Waals surface area contributed by atoms with Gasteiger partial charge in [-0.3, -0.25) is 0 Å². The number of anilines is 1. The smallest absolute Gasteiger partial charge is 0.200 e. The number of nitrogens with one attached hydrogen (secondary N) is 2. The SMILES string of the molecule is CCC(CSC)Nc1ncc[nH]1. The van der Waals surface area contributed by atoms with Crippen molar-refractivity contribution in [3.05, 3.63) is 12.4 Å². The summed E-state index contributed by atoms with van der Waals surface area (Å²) in [7, 11) is 0. The van der Waals surface area contributed by atoms with Crippen LogP contribution in [0.4, 0.5) is 5.95 Å². The highest BCUT2D eigenvalue weighted by atomic mass is 32.2. The number of imidazole rings is 1. The Hall–Kier alpha value is -0.640. The number of aromatic nitrogens is 2. The average molecular weight is 185 g/mol. The van der Waals surface area contributed by atoms with Crippen molar-refractivity contribution in [3.63, 3.8) is 0 Å². The number of thioether (sulfide) groups is 1. The van der Waals surface area contributed by atoms with Gasteiger partial charge in [-0.25, -0.2) is 4.98 Å². The third-order valence-corrected chi connectivity index (χ3v) is 2.44. The molecule has 1 atom stereocenters. The van der Waals surface area contributed by atoms with Gasteiger partial charge in [0.05, 0.1) is 0 Å². The van der Waals surface area contributed by atoms with Gasteiger partial charge in [-0.1, -0.05) is 6.92 Å². The van der Waals surface area contributed by atoms with Crippen LogP contribution in [0.15, 0.2) is 12.4 Å². The summed E-state index contributed by atoms with van der Waals surface area (Å²) >= 11 is 1.85. The molecule has 3 nitrogen and oxygen atoms in total. The Morgan fingerprint density at radius 3 is 3.08 bits per heavy atom. The molecule has 4 heteroatoms. The zero-order chi connectivity index (χ0) is 8.81. The van der Waals surface area contributed by atoms with Crippen molar-refractivity contribution in [1.29, 1.82) is 0 Å². The molecule has 12 heavy (non-hydrogen) atoms. The van der Waals surface area contributed by atoms with Crippen LogP contribution in [0.25, 0.3) is 0 Å². The van der Waals surface area contributed by atoms with Crippen molar-refractivity contribution in [2.75, 3.05) is 17.3 Å². The summed E-state index contributed by atoms with van der Waals surface area (Å²) in [6.45, 7) is 2.18. The number of rotatable bonds is 5. The quantitative estimate of drug-likeness (QED) is 0.736. The fraction of sp³-hybridized carbons (Fsp3) is 0.625. The van der Waals surface area contributed by atoms with Gasteiger partial charge in [0.15, 0.2) is 5.95 Å². The Morgan fingerprint density at radius 2 is 2.58 bits per heavy atom. The van der Waals surface area contributed by atoms with E-state index in [4.69, 9.17) is 0 Å². The van der Waals surface area contributed by atoms with E-state index in [1.54, 1.807) is 6.20 Å². The summed E-state index contributed by atoms with van der Waals surface area (Å²) < 4.78 is 0. The predicted molar refractivity (Wildman–Crippen MR) is 54.7 cm³/mol. The van der Waals surface area contributed by atoms with Crippen molar-refractivity contribution in [3.8, 4) is 0 Å². The lowest BCUT2D eigenvalue weighted by Gasteiger charge is -2.14. The first-order valence-corrected chi connectivity index (χ1v) is 5.51. The minimum atomic E-state index is 0.520. The maximum absolute atomic E-state index is 4.11. The van der Waals surface area contributed by atoms with Crippen LogP contribution in [-0.4, -0.2) is 28.0 Å². The molecule has 1 aromatic heterocycles. The lowest BCUT2D eigenvalue weighted by atomic mass is 10.3. The molecule has 0 radical (unpaired) electrons. The number of nitrogens with zero attached hydrogens (tertiary/aromatic N) is 1. The Labute approximate surface area is 77.4 Å². The minimum Gasteiger partial charge on any atom is -0.352 e. The first kappa shape index (κ1) is 9.45. The van der Waals surface area contributed by atoms with Gasteiger partial charge < -0.3 is 10.3 Å². The lowest BCUT2D eigenvalue weighted by Crippen LogP contribution is -2.21. The average Bonchev–Trinajstić information content (AvgIpc) is 2.56. The fourth-order valence-corrected chi connectivity index (χ4v) is 1.72. The highest BCUT2D eigenvalue weighted by Crippen LogP contribution is 2.06. The highest BCUT2D eigenvalue weighted by molar-refractivity contribution is 7.98. The molecule has 0 aromatic carbocycles. The lowest BCUT2D eigenvalue weighted by molar-refractivity contribution is 0.766. The van der Waals surface area contributed by atoms with Crippen LogP contribution in [0.2, 0.25) is 0 Å². The molecule has 1 aromatic rings. The summed E-state index contributed by atoms with van der Waals surface area (Å²) in [6.07, 6.45) is 6.83. The van der Waals surface area contributed by atoms with E-state index in [9.17, 15) is 0 Å². The zero-order valence-corrected chi connectivity index (χ0v) is 8.32. The van der Waals surface area contributed by atoms with Gasteiger partial charge in [0, 0.05) is 24.2 Å². The number of hydrogen-bond acceptors (Lipinski definition) is 3. The first-order chi connectivity index (χ1) is 5.86. The molecule has 1 heterocycles. The van der Waals surface area contributed by atoms with E-state index in [0.29, 0.717) is 6.04 Å². The Bertz CT molecular complexity index is 198. The largest absolute Gasteiger partial charge is 0.352 e. The standard InChI is InChI=1S/C8H15N3S/c1-3-7(6-12-2)11-8-9-4-5-10-8/h4-5,7H,3,6H2,1-2H3,(H2,9,10,11). The molecule has 68 valence electrons. The molecule has 0 bridgehead atoms. The van der Waals surface area contributed by atoms with Crippen molar-refractivity contribution in [2.45, 2.75) is 19.4 Å². The van der Waals surface area contributed by atoms with Crippen LogP contribution in [0.3, 0.4) is 0 Å². The number of H-pyrrole nitrogens is 1. The van der Waals surface area contributed by atoms with E-state index >= 15 is 0 Å². The van der Waals surface area contributed by atoms with Crippen molar-refractivity contribution in [2.24, 2.45) is 0 Å². The van der Waals surface area contributed by atoms with Crippen LogP contribution < -0.4 is 5.32 Å². The summed E-state index contributed by atoms with van der Waals surface area (Å²) in [5.74, 6) is 1.99.